The smallest absolute Gasteiger partial charge is 0.330 e. The van der Waals surface area contributed by atoms with E-state index in [9.17, 15) is 39.3 Å². The van der Waals surface area contributed by atoms with Crippen molar-refractivity contribution < 1.29 is 72.5 Å². The molecule has 7 rings (SSSR count). The Bertz CT molecular complexity index is 2520. The van der Waals surface area contributed by atoms with Gasteiger partial charge in [-0.25, -0.2) is 9.59 Å². The Morgan fingerprint density at radius 3 is 1.19 bits per heavy atom. The van der Waals surface area contributed by atoms with E-state index in [1.807, 2.05) is 69.2 Å². The molecule has 6 N–H and O–H groups in total. The van der Waals surface area contributed by atoms with Crippen molar-refractivity contribution >= 4 is 0 Å². The summed E-state index contributed by atoms with van der Waals surface area (Å²) in [4.78, 5) is 67.2. The normalized spacial score (nSPS) is 28.5. The number of aliphatic hydroxyl groups excluding tert-OH is 4. The molecule has 7 heterocycles. The number of aryl methyl sites for hydroxylation is 3. The van der Waals surface area contributed by atoms with Gasteiger partial charge in [-0.05, 0) is 95.4 Å². The lowest BCUT2D eigenvalue weighted by Gasteiger charge is -2.28. The predicted octanol–water partition coefficient (Wildman–Crippen LogP) is 2.08. The molecule has 3 unspecified atom stereocenters. The van der Waals surface area contributed by atoms with Crippen LogP contribution in [0.5, 0.6) is 6.01 Å². The fraction of sp³-hybridized carbons (Fsp3) is 0.778. The van der Waals surface area contributed by atoms with E-state index in [2.05, 4.69) is 15.0 Å². The first-order chi connectivity index (χ1) is 37.6. The third-order valence-electron chi connectivity index (χ3n) is 14.9. The zero-order chi connectivity index (χ0) is 60.6. The van der Waals surface area contributed by atoms with E-state index < -0.39 is 83.8 Å². The lowest BCUT2D eigenvalue weighted by molar-refractivity contribution is -0.129. The number of nitrogens with one attached hydrogen (secondary N) is 2. The number of nitrogens with zero attached hydrogens (tertiary/aromatic N) is 4. The Morgan fingerprint density at radius 2 is 0.850 bits per heavy atom. The molecule has 0 bridgehead atoms. The summed E-state index contributed by atoms with van der Waals surface area (Å²) in [6.45, 7) is 25.5. The molecule has 0 amide bonds. The first-order valence-corrected chi connectivity index (χ1v) is 27.2. The fourth-order valence-electron chi connectivity index (χ4n) is 8.43. The molecule has 20 atom stereocenters. The third-order valence-corrected chi connectivity index (χ3v) is 14.9. The molecule has 0 radical (unpaired) electrons. The Labute approximate surface area is 467 Å². The third kappa shape index (κ3) is 17.7. The zero-order valence-corrected chi connectivity index (χ0v) is 50.0. The van der Waals surface area contributed by atoms with Crippen molar-refractivity contribution in [3.8, 4) is 6.01 Å². The molecule has 0 saturated carbocycles. The molecule has 0 spiro atoms. The lowest BCUT2D eigenvalue weighted by Crippen LogP contribution is -2.42. The van der Waals surface area contributed by atoms with E-state index in [-0.39, 0.29) is 72.7 Å². The van der Waals surface area contributed by atoms with Crippen LogP contribution in [0.2, 0.25) is 0 Å². The maximum Gasteiger partial charge on any atom is 0.330 e. The minimum Gasteiger partial charge on any atom is -0.453 e. The quantitative estimate of drug-likeness (QED) is 0.106. The minimum absolute atomic E-state index is 0.0417. The average Bonchev–Trinajstić information content (AvgIpc) is 4.15. The summed E-state index contributed by atoms with van der Waals surface area (Å²) in [5, 5.41) is 39.7. The van der Waals surface area contributed by atoms with Crippen molar-refractivity contribution in [3.05, 3.63) is 87.3 Å². The van der Waals surface area contributed by atoms with Crippen LogP contribution in [0.4, 0.5) is 0 Å². The second kappa shape index (κ2) is 32.4. The SMILES string of the molecule is CC[C@H]1O[C@@H](n2cc(C)c(=O)[nH]c2=O)[C@@H](O[C@@H](C)[C@H](C)OC)C1O.CC[C@H]1O[C@@H](n2cc(C)c(=O)[nH]c2=O)[C@@H](O[C@H](C)[C@@H](C)OC)C1O.CC[C@H]1O[C@@H]2[C@H](Oc3nc(=O)c(C)cn32)C1O.CO[C@H](C)[C@@H](C)O.CO[C@H](C)[C@@H](C)OC. The van der Waals surface area contributed by atoms with Crippen LogP contribution < -0.4 is 32.8 Å². The Balaban J connectivity index is 0.000000282. The topological polar surface area (TPSA) is 327 Å². The van der Waals surface area contributed by atoms with Crippen molar-refractivity contribution in [2.45, 2.75) is 239 Å². The number of fused-ring (bicyclic) bond motifs is 3. The number of ether oxygens (including phenoxy) is 11. The van der Waals surface area contributed by atoms with E-state index >= 15 is 0 Å². The van der Waals surface area contributed by atoms with E-state index in [1.54, 1.807) is 74.0 Å². The summed E-state index contributed by atoms with van der Waals surface area (Å²) >= 11 is 0. The Kier molecular flexibility index (Phi) is 28.2. The predicted molar refractivity (Wildman–Crippen MR) is 293 cm³/mol. The number of aromatic nitrogens is 6. The van der Waals surface area contributed by atoms with Crippen molar-refractivity contribution in [1.29, 1.82) is 0 Å². The largest absolute Gasteiger partial charge is 0.453 e. The molecule has 3 fully saturated rings. The molecular weight excluding hydrogens is 1050 g/mol. The number of methoxy groups -OCH3 is 5. The first-order valence-electron chi connectivity index (χ1n) is 27.2. The van der Waals surface area contributed by atoms with Gasteiger partial charge in [0.05, 0.1) is 67.1 Å². The molecule has 26 nitrogen and oxygen atoms in total. The highest BCUT2D eigenvalue weighted by atomic mass is 16.6. The summed E-state index contributed by atoms with van der Waals surface area (Å²) in [5.41, 5.74) is -1.09. The highest BCUT2D eigenvalue weighted by Crippen LogP contribution is 2.40. The molecular formula is C54H92N6O20. The molecule has 3 aromatic heterocycles. The lowest BCUT2D eigenvalue weighted by atomic mass is 10.1. The molecule has 0 aliphatic carbocycles. The highest BCUT2D eigenvalue weighted by molar-refractivity contribution is 5.15. The minimum atomic E-state index is -0.884. The van der Waals surface area contributed by atoms with Gasteiger partial charge < -0.3 is 72.5 Å². The van der Waals surface area contributed by atoms with Gasteiger partial charge in [-0.2, -0.15) is 4.98 Å². The number of aliphatic hydroxyl groups is 4. The molecule has 3 aromatic rings. The summed E-state index contributed by atoms with van der Waals surface area (Å²) in [7, 11) is 8.10. The van der Waals surface area contributed by atoms with Gasteiger partial charge in [-0.15, -0.1) is 0 Å². The van der Waals surface area contributed by atoms with Gasteiger partial charge in [0.2, 0.25) is 0 Å². The van der Waals surface area contributed by atoms with Crippen molar-refractivity contribution in [2.75, 3.05) is 35.5 Å². The summed E-state index contributed by atoms with van der Waals surface area (Å²) in [6.07, 6.45) is -2.16. The first kappa shape index (κ1) is 69.7. The fourth-order valence-corrected chi connectivity index (χ4v) is 8.43. The van der Waals surface area contributed by atoms with Gasteiger partial charge in [0, 0.05) is 70.8 Å². The molecule has 458 valence electrons. The summed E-state index contributed by atoms with van der Waals surface area (Å²) < 4.78 is 64.2. The van der Waals surface area contributed by atoms with Crippen LogP contribution in [0, 0.1) is 20.8 Å². The maximum absolute atomic E-state index is 12.2. The Morgan fingerprint density at radius 1 is 0.512 bits per heavy atom. The van der Waals surface area contributed by atoms with E-state index in [1.165, 1.54) is 21.5 Å². The van der Waals surface area contributed by atoms with Crippen LogP contribution in [0.25, 0.3) is 0 Å². The number of aromatic amines is 2. The number of hydrogen-bond acceptors (Lipinski definition) is 21. The van der Waals surface area contributed by atoms with Crippen LogP contribution in [-0.4, -0.2) is 188 Å². The monoisotopic (exact) mass is 1140 g/mol. The van der Waals surface area contributed by atoms with Crippen molar-refractivity contribution in [3.63, 3.8) is 0 Å². The maximum atomic E-state index is 12.2. The average molecular weight is 1150 g/mol. The highest BCUT2D eigenvalue weighted by Gasteiger charge is 2.51. The van der Waals surface area contributed by atoms with E-state index in [0.29, 0.717) is 29.5 Å². The number of rotatable bonds is 18. The summed E-state index contributed by atoms with van der Waals surface area (Å²) in [6, 6.07) is 0.226. The standard InChI is InChI=1S/2C16H26N2O6.C11H14N2O4.C6H14O2.C5H12O2/c2*1-6-11-12(19)13(23-10(4)9(3)22-5)15(24-11)18-7-8(2)14(20)17-16(18)21;1-3-6-7(14)8-10(16-6)13-4-5(2)9(15)12-11(13)17-8;1-5(7-3)6(2)8-4;1-4(6)5(2)7-3/h2*7,9-13,15,19H,6H2,1-5H3,(H,17,20,21);4,6-8,10,14H,3H2,1-2H3;5-6H,1-4H3;4-6H,1-3H3/t9-,10-,11+,12?,13-,15+;9-,10-,11-,12?,13+,15-;6-,7?,8-,10-;5-,6-;4-,5-/m01111/s1. The summed E-state index contributed by atoms with van der Waals surface area (Å²) in [5.74, 6) is 0. The molecule has 80 heavy (non-hydrogen) atoms. The van der Waals surface area contributed by atoms with Crippen LogP contribution in [-0.2, 0) is 47.4 Å². The van der Waals surface area contributed by atoms with Gasteiger partial charge in [-0.3, -0.25) is 38.1 Å². The zero-order valence-electron chi connectivity index (χ0n) is 50.0. The van der Waals surface area contributed by atoms with Crippen molar-refractivity contribution in [1.82, 2.24) is 28.7 Å². The second-order valence-electron chi connectivity index (χ2n) is 20.4. The van der Waals surface area contributed by atoms with Crippen molar-refractivity contribution in [2.24, 2.45) is 0 Å². The Hall–Kier alpha value is -4.52. The number of H-pyrrole nitrogens is 2. The van der Waals surface area contributed by atoms with Gasteiger partial charge >= 0.3 is 17.4 Å². The van der Waals surface area contributed by atoms with Gasteiger partial charge in [-0.1, -0.05) is 20.8 Å². The van der Waals surface area contributed by atoms with E-state index in [0.717, 1.165) is 6.42 Å². The molecule has 4 aliphatic rings. The van der Waals surface area contributed by atoms with Crippen LogP contribution in [0.1, 0.15) is 131 Å². The molecule has 4 aliphatic heterocycles. The molecule has 26 heteroatoms. The number of hydrogen-bond donors (Lipinski definition) is 6. The van der Waals surface area contributed by atoms with Crippen LogP contribution in [0.15, 0.2) is 42.6 Å². The molecule has 3 saturated heterocycles. The van der Waals surface area contributed by atoms with Gasteiger partial charge in [0.25, 0.3) is 16.7 Å². The van der Waals surface area contributed by atoms with Gasteiger partial charge in [0.1, 0.15) is 30.5 Å². The van der Waals surface area contributed by atoms with Gasteiger partial charge in [0.15, 0.2) is 24.8 Å². The van der Waals surface area contributed by atoms with Crippen LogP contribution in [0.3, 0.4) is 0 Å². The van der Waals surface area contributed by atoms with E-state index in [4.69, 9.17) is 57.2 Å². The molecule has 0 aromatic carbocycles. The van der Waals surface area contributed by atoms with Crippen LogP contribution >= 0.6 is 0 Å². The second-order valence-corrected chi connectivity index (χ2v) is 20.4.